The molecule has 3 aliphatic heterocycles. The summed E-state index contributed by atoms with van der Waals surface area (Å²) in [5.74, 6) is -3.22. The highest BCUT2D eigenvalue weighted by molar-refractivity contribution is 6.21. The summed E-state index contributed by atoms with van der Waals surface area (Å²) in [7, 11) is 0. The topological polar surface area (TPSA) is 130 Å². The van der Waals surface area contributed by atoms with Crippen molar-refractivity contribution in [2.45, 2.75) is 44.4 Å². The first-order chi connectivity index (χ1) is 15.6. The number of hydrogen-bond donors (Lipinski definition) is 2. The lowest BCUT2D eigenvalue weighted by molar-refractivity contribution is -0.161. The number of hydrazone groups is 1. The third-order valence-electron chi connectivity index (χ3n) is 6.11. The monoisotopic (exact) mass is 450 g/mol. The number of fused-ring (bicyclic) bond motifs is 4. The van der Waals surface area contributed by atoms with Crippen molar-refractivity contribution in [3.8, 4) is 0 Å². The number of carbonyl (C=O) groups is 4. The van der Waals surface area contributed by atoms with Crippen LogP contribution in [0.1, 0.15) is 49.6 Å². The van der Waals surface area contributed by atoms with Crippen LogP contribution in [0.5, 0.6) is 0 Å². The van der Waals surface area contributed by atoms with Gasteiger partial charge in [0.1, 0.15) is 11.4 Å². The summed E-state index contributed by atoms with van der Waals surface area (Å²) in [5.41, 5.74) is -1.45. The molecule has 0 bridgehead atoms. The third-order valence-corrected chi connectivity index (χ3v) is 6.11. The third kappa shape index (κ3) is 2.97. The number of ether oxygens (including phenoxy) is 1. The standard InChI is InChI=1S/C23H22N4O6/c1-22(2,3)33-18(28)16-15(14-9-6-10-32-14)23(19(29)25-21(31)26-20(23)30)17-13-8-5-4-7-12(13)11-24-27(16)17/h4-11,15-17H,1-3H3,(H2,25,26,29,30,31)/t15-,16+,17+/m1/s1. The largest absolute Gasteiger partial charge is 0.469 e. The van der Waals surface area contributed by atoms with Crippen molar-refractivity contribution < 1.29 is 28.3 Å². The van der Waals surface area contributed by atoms with Gasteiger partial charge in [-0.05, 0) is 44.0 Å². The Balaban J connectivity index is 1.79. The van der Waals surface area contributed by atoms with Crippen LogP contribution in [-0.4, -0.2) is 46.7 Å². The average Bonchev–Trinajstić information content (AvgIpc) is 3.35. The normalized spacial score (nSPS) is 25.4. The van der Waals surface area contributed by atoms with E-state index in [9.17, 15) is 19.2 Å². The molecule has 33 heavy (non-hydrogen) atoms. The molecule has 2 saturated heterocycles. The molecule has 0 unspecified atom stereocenters. The number of rotatable bonds is 2. The smallest absolute Gasteiger partial charge is 0.331 e. The van der Waals surface area contributed by atoms with Crippen molar-refractivity contribution >= 4 is 30.0 Å². The van der Waals surface area contributed by atoms with Gasteiger partial charge in [-0.1, -0.05) is 24.3 Å². The number of benzene rings is 1. The van der Waals surface area contributed by atoms with Crippen LogP contribution in [0.25, 0.3) is 0 Å². The molecule has 3 aliphatic rings. The maximum Gasteiger partial charge on any atom is 0.331 e. The lowest BCUT2D eigenvalue weighted by Crippen LogP contribution is -2.65. The molecule has 2 aromatic rings. The van der Waals surface area contributed by atoms with Crippen LogP contribution in [0.2, 0.25) is 0 Å². The molecule has 4 heterocycles. The average molecular weight is 450 g/mol. The van der Waals surface area contributed by atoms with Crippen molar-refractivity contribution in [3.05, 3.63) is 59.5 Å². The Labute approximate surface area is 188 Å². The number of amides is 4. The molecular formula is C23H22N4O6. The van der Waals surface area contributed by atoms with Gasteiger partial charge in [0.25, 0.3) is 0 Å². The van der Waals surface area contributed by atoms with E-state index in [4.69, 9.17) is 9.15 Å². The van der Waals surface area contributed by atoms with Crippen molar-refractivity contribution in [3.63, 3.8) is 0 Å². The van der Waals surface area contributed by atoms with Crippen LogP contribution in [0.4, 0.5) is 4.79 Å². The second-order valence-corrected chi connectivity index (χ2v) is 9.23. The van der Waals surface area contributed by atoms with Gasteiger partial charge in [0.15, 0.2) is 11.5 Å². The van der Waals surface area contributed by atoms with Crippen LogP contribution in [-0.2, 0) is 19.1 Å². The molecule has 5 rings (SSSR count). The summed E-state index contributed by atoms with van der Waals surface area (Å²) in [6, 6.07) is 7.27. The number of hydrogen-bond acceptors (Lipinski definition) is 8. The molecule has 170 valence electrons. The predicted octanol–water partition coefficient (Wildman–Crippen LogP) is 1.83. The van der Waals surface area contributed by atoms with E-state index in [2.05, 4.69) is 15.7 Å². The van der Waals surface area contributed by atoms with Gasteiger partial charge in [-0.25, -0.2) is 9.59 Å². The summed E-state index contributed by atoms with van der Waals surface area (Å²) >= 11 is 0. The van der Waals surface area contributed by atoms with E-state index in [0.29, 0.717) is 11.1 Å². The highest BCUT2D eigenvalue weighted by Crippen LogP contribution is 2.60. The number of imide groups is 2. The van der Waals surface area contributed by atoms with E-state index in [0.717, 1.165) is 0 Å². The van der Waals surface area contributed by atoms with Gasteiger partial charge < -0.3 is 9.15 Å². The Hall–Kier alpha value is -3.95. The van der Waals surface area contributed by atoms with Gasteiger partial charge >= 0.3 is 12.0 Å². The van der Waals surface area contributed by atoms with Crippen LogP contribution < -0.4 is 10.6 Å². The highest BCUT2D eigenvalue weighted by atomic mass is 16.6. The molecule has 1 aromatic heterocycles. The van der Waals surface area contributed by atoms with Crippen molar-refractivity contribution in [1.29, 1.82) is 0 Å². The number of urea groups is 1. The molecule has 1 spiro atoms. The lowest BCUT2D eigenvalue weighted by Gasteiger charge is -2.40. The van der Waals surface area contributed by atoms with E-state index < -0.39 is 52.8 Å². The first-order valence-corrected chi connectivity index (χ1v) is 10.5. The first kappa shape index (κ1) is 20.9. The van der Waals surface area contributed by atoms with E-state index >= 15 is 0 Å². The molecule has 1 aromatic carbocycles. The second-order valence-electron chi connectivity index (χ2n) is 9.23. The highest BCUT2D eigenvalue weighted by Gasteiger charge is 2.73. The molecule has 10 nitrogen and oxygen atoms in total. The minimum atomic E-state index is -1.93. The van der Waals surface area contributed by atoms with Gasteiger partial charge in [0.2, 0.25) is 11.8 Å². The maximum absolute atomic E-state index is 13.6. The van der Waals surface area contributed by atoms with E-state index in [-0.39, 0.29) is 5.76 Å². The molecular weight excluding hydrogens is 428 g/mol. The molecule has 4 amide bonds. The molecule has 2 fully saturated rings. The summed E-state index contributed by atoms with van der Waals surface area (Å²) in [5, 5.41) is 10.4. The fraction of sp³-hybridized carbons (Fsp3) is 0.348. The van der Waals surface area contributed by atoms with Crippen LogP contribution in [0.15, 0.2) is 52.2 Å². The van der Waals surface area contributed by atoms with E-state index in [1.54, 1.807) is 57.3 Å². The number of esters is 1. The first-order valence-electron chi connectivity index (χ1n) is 10.5. The molecule has 2 N–H and O–H groups in total. The number of carbonyl (C=O) groups excluding carboxylic acids is 4. The second kappa shape index (κ2) is 7.03. The van der Waals surface area contributed by atoms with E-state index in [1.807, 2.05) is 6.07 Å². The summed E-state index contributed by atoms with van der Waals surface area (Å²) in [6.07, 6.45) is 2.97. The summed E-state index contributed by atoms with van der Waals surface area (Å²) in [4.78, 5) is 52.7. The van der Waals surface area contributed by atoms with Gasteiger partial charge in [-0.3, -0.25) is 25.2 Å². The number of nitrogens with one attached hydrogen (secondary N) is 2. The summed E-state index contributed by atoms with van der Waals surface area (Å²) in [6.45, 7) is 5.17. The molecule has 0 radical (unpaired) electrons. The summed E-state index contributed by atoms with van der Waals surface area (Å²) < 4.78 is 11.3. The predicted molar refractivity (Wildman–Crippen MR) is 114 cm³/mol. The molecule has 0 aliphatic carbocycles. The fourth-order valence-corrected chi connectivity index (χ4v) is 5.01. The molecule has 3 atom stereocenters. The number of furan rings is 1. The Morgan fingerprint density at radius 3 is 2.42 bits per heavy atom. The Morgan fingerprint density at radius 1 is 1.09 bits per heavy atom. The van der Waals surface area contributed by atoms with Gasteiger partial charge in [-0.2, -0.15) is 5.10 Å². The zero-order valence-corrected chi connectivity index (χ0v) is 18.2. The van der Waals surface area contributed by atoms with Crippen molar-refractivity contribution in [1.82, 2.24) is 15.6 Å². The van der Waals surface area contributed by atoms with E-state index in [1.165, 1.54) is 11.3 Å². The zero-order valence-electron chi connectivity index (χ0n) is 18.2. The van der Waals surface area contributed by atoms with Gasteiger partial charge in [0, 0.05) is 0 Å². The van der Waals surface area contributed by atoms with Crippen molar-refractivity contribution in [2.24, 2.45) is 10.5 Å². The van der Waals surface area contributed by atoms with Crippen LogP contribution in [0.3, 0.4) is 0 Å². The number of barbiturate groups is 1. The zero-order chi connectivity index (χ0) is 23.5. The molecule has 0 saturated carbocycles. The number of nitrogens with zero attached hydrogens (tertiary/aromatic N) is 2. The Kier molecular flexibility index (Phi) is 4.45. The lowest BCUT2D eigenvalue weighted by atomic mass is 9.65. The SMILES string of the molecule is CC(C)(C)OC(=O)[C@@H]1[C@@H](c2ccco2)C2(C(=O)NC(=O)NC2=O)[C@@H]2c3ccccc3C=NN12. The van der Waals surface area contributed by atoms with Crippen LogP contribution in [0, 0.1) is 5.41 Å². The van der Waals surface area contributed by atoms with Gasteiger partial charge in [-0.15, -0.1) is 0 Å². The van der Waals surface area contributed by atoms with Crippen LogP contribution >= 0.6 is 0 Å². The van der Waals surface area contributed by atoms with Crippen molar-refractivity contribution in [2.75, 3.05) is 0 Å². The quantitative estimate of drug-likeness (QED) is 0.527. The minimum Gasteiger partial charge on any atom is -0.469 e. The Morgan fingerprint density at radius 2 is 1.79 bits per heavy atom. The fourth-order valence-electron chi connectivity index (χ4n) is 5.01. The molecule has 10 heteroatoms. The van der Waals surface area contributed by atoms with Gasteiger partial charge in [0.05, 0.1) is 24.4 Å². The Bertz CT molecular complexity index is 1180. The minimum absolute atomic E-state index is 0.229. The maximum atomic E-state index is 13.6.